The van der Waals surface area contributed by atoms with Crippen molar-refractivity contribution < 1.29 is 4.79 Å². The third-order valence-corrected chi connectivity index (χ3v) is 1.46. The van der Waals surface area contributed by atoms with Crippen LogP contribution in [0.5, 0.6) is 0 Å². The van der Waals surface area contributed by atoms with Gasteiger partial charge < -0.3 is 0 Å². The van der Waals surface area contributed by atoms with Crippen molar-refractivity contribution in [3.8, 4) is 0 Å². The average molecular weight is 150 g/mol. The minimum Gasteiger partial charge on any atom is -0.298 e. The highest BCUT2D eigenvalue weighted by molar-refractivity contribution is 6.15. The third-order valence-electron chi connectivity index (χ3n) is 1.22. The molecule has 0 aliphatic rings. The summed E-state index contributed by atoms with van der Waals surface area (Å²) in [5, 5.41) is 0. The summed E-state index contributed by atoms with van der Waals surface area (Å²) in [7, 11) is 0. The van der Waals surface area contributed by atoms with E-state index in [2.05, 4.69) is 4.84 Å². The average Bonchev–Trinajstić information content (AvgIpc) is 1.64. The molecule has 0 spiro atoms. The number of Topliss-reactive ketones (excluding diaryl/α,β-unsaturated/α-hetero) is 1. The number of ketones is 1. The standard InChI is InChI=1S/C6H12ClNO/c1-4(2)6(8-7)5(3)9/h4,6,8H,1-3H3/t6-/m0/s1. The number of hydrogen-bond acceptors (Lipinski definition) is 2. The quantitative estimate of drug-likeness (QED) is 0.614. The zero-order valence-corrected chi connectivity index (χ0v) is 6.70. The molecule has 54 valence electrons. The van der Waals surface area contributed by atoms with Gasteiger partial charge in [-0.1, -0.05) is 13.8 Å². The Bertz CT molecular complexity index is 103. The summed E-state index contributed by atoms with van der Waals surface area (Å²) in [5.41, 5.74) is 0. The summed E-state index contributed by atoms with van der Waals surface area (Å²) in [6, 6.07) is -0.202. The first-order chi connectivity index (χ1) is 4.09. The van der Waals surface area contributed by atoms with E-state index in [9.17, 15) is 4.79 Å². The minimum atomic E-state index is -0.202. The van der Waals surface area contributed by atoms with Crippen LogP contribution in [-0.2, 0) is 4.79 Å². The molecule has 0 amide bonds. The third kappa shape index (κ3) is 2.82. The number of nitrogens with one attached hydrogen (secondary N) is 1. The second-order valence-corrected chi connectivity index (χ2v) is 2.66. The van der Waals surface area contributed by atoms with Crippen molar-refractivity contribution in [2.75, 3.05) is 0 Å². The number of halogens is 1. The monoisotopic (exact) mass is 149 g/mol. The predicted molar refractivity (Wildman–Crippen MR) is 38.3 cm³/mol. The van der Waals surface area contributed by atoms with Gasteiger partial charge in [0.25, 0.3) is 0 Å². The minimum absolute atomic E-state index is 0.0833. The Labute approximate surface area is 60.7 Å². The van der Waals surface area contributed by atoms with Gasteiger partial charge in [-0.25, -0.2) is 4.84 Å². The van der Waals surface area contributed by atoms with E-state index in [1.165, 1.54) is 6.92 Å². The lowest BCUT2D eigenvalue weighted by molar-refractivity contribution is -0.119. The first kappa shape index (κ1) is 8.92. The van der Waals surface area contributed by atoms with Crippen LogP contribution in [0.15, 0.2) is 0 Å². The van der Waals surface area contributed by atoms with Crippen molar-refractivity contribution >= 4 is 17.6 Å². The smallest absolute Gasteiger partial charge is 0.148 e. The molecule has 1 N–H and O–H groups in total. The molecule has 1 atom stereocenters. The van der Waals surface area contributed by atoms with Crippen molar-refractivity contribution in [1.29, 1.82) is 0 Å². The van der Waals surface area contributed by atoms with Crippen LogP contribution in [0.1, 0.15) is 20.8 Å². The van der Waals surface area contributed by atoms with Gasteiger partial charge in [0.1, 0.15) is 5.78 Å². The van der Waals surface area contributed by atoms with Gasteiger partial charge in [0.15, 0.2) is 0 Å². The number of carbonyl (C=O) groups excluding carboxylic acids is 1. The highest BCUT2D eigenvalue weighted by Gasteiger charge is 2.15. The van der Waals surface area contributed by atoms with Gasteiger partial charge in [0, 0.05) is 0 Å². The van der Waals surface area contributed by atoms with E-state index in [0.29, 0.717) is 0 Å². The van der Waals surface area contributed by atoms with E-state index in [4.69, 9.17) is 11.8 Å². The number of hydrogen-bond donors (Lipinski definition) is 1. The maximum Gasteiger partial charge on any atom is 0.148 e. The Morgan fingerprint density at radius 1 is 1.56 bits per heavy atom. The summed E-state index contributed by atoms with van der Waals surface area (Å²) in [5.74, 6) is 0.347. The summed E-state index contributed by atoms with van der Waals surface area (Å²) in [6.45, 7) is 5.42. The van der Waals surface area contributed by atoms with E-state index in [-0.39, 0.29) is 17.7 Å². The highest BCUT2D eigenvalue weighted by Crippen LogP contribution is 2.02. The molecule has 0 aromatic rings. The van der Waals surface area contributed by atoms with Gasteiger partial charge in [0.05, 0.1) is 6.04 Å². The topological polar surface area (TPSA) is 29.1 Å². The summed E-state index contributed by atoms with van der Waals surface area (Å²) in [4.78, 5) is 13.1. The maximum absolute atomic E-state index is 10.7. The van der Waals surface area contributed by atoms with Crippen molar-refractivity contribution in [2.45, 2.75) is 26.8 Å². The van der Waals surface area contributed by atoms with Crippen LogP contribution in [0.2, 0.25) is 0 Å². The van der Waals surface area contributed by atoms with E-state index in [0.717, 1.165) is 0 Å². The molecule has 0 rings (SSSR count). The summed E-state index contributed by atoms with van der Waals surface area (Å²) >= 11 is 5.29. The Kier molecular flexibility index (Phi) is 3.82. The molecular weight excluding hydrogens is 138 g/mol. The molecule has 2 nitrogen and oxygen atoms in total. The molecule has 0 aromatic carbocycles. The lowest BCUT2D eigenvalue weighted by Crippen LogP contribution is -2.33. The molecule has 3 heteroatoms. The predicted octanol–water partition coefficient (Wildman–Crippen LogP) is 1.34. The van der Waals surface area contributed by atoms with Gasteiger partial charge in [-0.05, 0) is 24.6 Å². The fourth-order valence-electron chi connectivity index (χ4n) is 0.672. The van der Waals surface area contributed by atoms with E-state index in [1.54, 1.807) is 0 Å². The van der Waals surface area contributed by atoms with E-state index >= 15 is 0 Å². The molecule has 0 saturated carbocycles. The fraction of sp³-hybridized carbons (Fsp3) is 0.833. The summed E-state index contributed by atoms with van der Waals surface area (Å²) < 4.78 is 0. The molecule has 0 fully saturated rings. The van der Waals surface area contributed by atoms with Crippen LogP contribution in [0.3, 0.4) is 0 Å². The Hall–Kier alpha value is -0.0800. The van der Waals surface area contributed by atoms with Gasteiger partial charge in [-0.2, -0.15) is 0 Å². The molecule has 0 heterocycles. The van der Waals surface area contributed by atoms with Gasteiger partial charge in [0.2, 0.25) is 0 Å². The van der Waals surface area contributed by atoms with Crippen LogP contribution >= 0.6 is 11.8 Å². The fourth-order valence-corrected chi connectivity index (χ4v) is 1.08. The van der Waals surface area contributed by atoms with E-state index < -0.39 is 0 Å². The molecule has 0 aromatic heterocycles. The molecule has 0 saturated heterocycles. The first-order valence-electron chi connectivity index (χ1n) is 2.96. The molecule has 0 aliphatic carbocycles. The van der Waals surface area contributed by atoms with Crippen molar-refractivity contribution in [2.24, 2.45) is 5.92 Å². The first-order valence-corrected chi connectivity index (χ1v) is 3.34. The zero-order valence-electron chi connectivity index (χ0n) is 5.94. The van der Waals surface area contributed by atoms with Gasteiger partial charge in [-0.3, -0.25) is 4.79 Å². The lowest BCUT2D eigenvalue weighted by atomic mass is 10.0. The SMILES string of the molecule is CC(=O)[C@@H](NCl)C(C)C. The Balaban J connectivity index is 3.83. The van der Waals surface area contributed by atoms with Crippen LogP contribution in [0.25, 0.3) is 0 Å². The van der Waals surface area contributed by atoms with Crippen LogP contribution in [-0.4, -0.2) is 11.8 Å². The Morgan fingerprint density at radius 3 is 2.00 bits per heavy atom. The summed E-state index contributed by atoms with van der Waals surface area (Å²) in [6.07, 6.45) is 0. The molecular formula is C6H12ClNO. The largest absolute Gasteiger partial charge is 0.298 e. The molecule has 0 unspecified atom stereocenters. The lowest BCUT2D eigenvalue weighted by Gasteiger charge is -2.13. The second-order valence-electron chi connectivity index (χ2n) is 2.44. The maximum atomic E-state index is 10.7. The second kappa shape index (κ2) is 3.85. The van der Waals surface area contributed by atoms with Crippen LogP contribution in [0, 0.1) is 5.92 Å². The number of carbonyl (C=O) groups is 1. The van der Waals surface area contributed by atoms with Crippen molar-refractivity contribution in [3.05, 3.63) is 0 Å². The van der Waals surface area contributed by atoms with E-state index in [1.807, 2.05) is 13.8 Å². The molecule has 9 heavy (non-hydrogen) atoms. The van der Waals surface area contributed by atoms with Crippen LogP contribution < -0.4 is 4.84 Å². The van der Waals surface area contributed by atoms with Gasteiger partial charge >= 0.3 is 0 Å². The highest BCUT2D eigenvalue weighted by atomic mass is 35.5. The normalized spacial score (nSPS) is 13.9. The van der Waals surface area contributed by atoms with Crippen molar-refractivity contribution in [1.82, 2.24) is 4.84 Å². The number of rotatable bonds is 3. The molecule has 0 radical (unpaired) electrons. The van der Waals surface area contributed by atoms with Crippen LogP contribution in [0.4, 0.5) is 0 Å². The van der Waals surface area contributed by atoms with Crippen molar-refractivity contribution in [3.63, 3.8) is 0 Å². The molecule has 0 bridgehead atoms. The Morgan fingerprint density at radius 2 is 2.00 bits per heavy atom. The van der Waals surface area contributed by atoms with Gasteiger partial charge in [-0.15, -0.1) is 0 Å². The molecule has 0 aliphatic heterocycles. The zero-order chi connectivity index (χ0) is 7.44.